The fourth-order valence-electron chi connectivity index (χ4n) is 1.97. The van der Waals surface area contributed by atoms with Crippen LogP contribution in [0.4, 0.5) is 0 Å². The molecule has 1 heterocycles. The molecule has 0 saturated carbocycles. The van der Waals surface area contributed by atoms with E-state index in [1.165, 1.54) is 0 Å². The lowest BCUT2D eigenvalue weighted by Crippen LogP contribution is -2.42. The zero-order valence-electron chi connectivity index (χ0n) is 12.0. The third-order valence-electron chi connectivity index (χ3n) is 2.62. The second-order valence-electron chi connectivity index (χ2n) is 5.86. The molecule has 7 heteroatoms. The number of piperidine rings is 1. The van der Waals surface area contributed by atoms with E-state index in [4.69, 9.17) is 8.92 Å². The number of rotatable bonds is 4. The van der Waals surface area contributed by atoms with Gasteiger partial charge in [-0.3, -0.25) is 13.9 Å². The Morgan fingerprint density at radius 3 is 2.21 bits per heavy atom. The molecule has 0 amide bonds. The van der Waals surface area contributed by atoms with Crippen molar-refractivity contribution in [1.29, 1.82) is 0 Å². The van der Waals surface area contributed by atoms with E-state index in [1.807, 2.05) is 25.7 Å². The molecule has 112 valence electrons. The van der Waals surface area contributed by atoms with Gasteiger partial charge in [-0.2, -0.15) is 8.42 Å². The molecule has 0 atom stereocenters. The third kappa shape index (κ3) is 7.49. The quantitative estimate of drug-likeness (QED) is 0.563. The number of hydrogen-bond donors (Lipinski definition) is 0. The highest BCUT2D eigenvalue weighted by Gasteiger charge is 2.25. The number of carbonyl (C=O) groups is 1. The van der Waals surface area contributed by atoms with Gasteiger partial charge in [0.2, 0.25) is 0 Å². The summed E-state index contributed by atoms with van der Waals surface area (Å²) in [6.45, 7) is 7.01. The molecule has 1 aliphatic heterocycles. The van der Waals surface area contributed by atoms with Crippen LogP contribution in [0, 0.1) is 0 Å². The highest BCUT2D eigenvalue weighted by molar-refractivity contribution is 7.86. The second kappa shape index (κ2) is 6.19. The van der Waals surface area contributed by atoms with E-state index in [0.29, 0.717) is 25.9 Å². The molecule has 0 N–H and O–H groups in total. The Balaban J connectivity index is 2.33. The van der Waals surface area contributed by atoms with Gasteiger partial charge in [0.25, 0.3) is 10.1 Å². The molecule has 19 heavy (non-hydrogen) atoms. The van der Waals surface area contributed by atoms with Crippen molar-refractivity contribution < 1.29 is 22.1 Å². The molecule has 0 aromatic carbocycles. The summed E-state index contributed by atoms with van der Waals surface area (Å²) in [6, 6.07) is 0. The molecule has 1 rings (SSSR count). The van der Waals surface area contributed by atoms with Gasteiger partial charge in [-0.05, 0) is 33.6 Å². The lowest BCUT2D eigenvalue weighted by Gasteiger charge is -2.31. The smallest absolute Gasteiger partial charge is 0.320 e. The zero-order chi connectivity index (χ0) is 14.7. The van der Waals surface area contributed by atoms with E-state index >= 15 is 0 Å². The molecule has 0 aliphatic carbocycles. The molecular weight excluding hydrogens is 270 g/mol. The van der Waals surface area contributed by atoms with Crippen molar-refractivity contribution in [1.82, 2.24) is 4.90 Å². The first-order chi connectivity index (χ1) is 8.55. The van der Waals surface area contributed by atoms with Crippen LogP contribution in [0.5, 0.6) is 0 Å². The Morgan fingerprint density at radius 2 is 1.79 bits per heavy atom. The van der Waals surface area contributed by atoms with Crippen LogP contribution in [0.25, 0.3) is 0 Å². The van der Waals surface area contributed by atoms with E-state index in [-0.39, 0.29) is 18.6 Å². The molecule has 0 bridgehead atoms. The molecule has 1 aliphatic rings. The topological polar surface area (TPSA) is 72.9 Å². The van der Waals surface area contributed by atoms with Crippen LogP contribution >= 0.6 is 0 Å². The predicted molar refractivity (Wildman–Crippen MR) is 71.2 cm³/mol. The maximum atomic E-state index is 11.6. The van der Waals surface area contributed by atoms with Crippen molar-refractivity contribution in [2.24, 2.45) is 0 Å². The molecule has 1 saturated heterocycles. The minimum absolute atomic E-state index is 0.239. The van der Waals surface area contributed by atoms with Gasteiger partial charge in [0.1, 0.15) is 5.60 Å². The summed E-state index contributed by atoms with van der Waals surface area (Å²) in [5.74, 6) is -0.255. The second-order valence-corrected chi connectivity index (χ2v) is 7.46. The lowest BCUT2D eigenvalue weighted by molar-refractivity contribution is -0.156. The fraction of sp³-hybridized carbons (Fsp3) is 0.917. The summed E-state index contributed by atoms with van der Waals surface area (Å²) in [7, 11) is -3.40. The van der Waals surface area contributed by atoms with Gasteiger partial charge in [-0.15, -0.1) is 0 Å². The van der Waals surface area contributed by atoms with E-state index < -0.39 is 15.7 Å². The number of hydrogen-bond acceptors (Lipinski definition) is 6. The normalized spacial score (nSPS) is 19.4. The molecule has 0 radical (unpaired) electrons. The summed E-state index contributed by atoms with van der Waals surface area (Å²) < 4.78 is 32.2. The number of carbonyl (C=O) groups excluding carboxylic acids is 1. The standard InChI is InChI=1S/C12H23NO5S/c1-12(2,3)17-11(14)9-13-7-5-10(6-8-13)18-19(4,15)16/h10H,5-9H2,1-4H3. The number of likely N-dealkylation sites (tertiary alicyclic amines) is 1. The van der Waals surface area contributed by atoms with E-state index in [1.54, 1.807) is 0 Å². The van der Waals surface area contributed by atoms with Crippen LogP contribution in [-0.4, -0.2) is 56.9 Å². The zero-order valence-corrected chi connectivity index (χ0v) is 12.8. The number of nitrogens with zero attached hydrogens (tertiary/aromatic N) is 1. The fourth-order valence-corrected chi connectivity index (χ4v) is 2.65. The van der Waals surface area contributed by atoms with E-state index in [9.17, 15) is 13.2 Å². The molecular formula is C12H23NO5S. The van der Waals surface area contributed by atoms with Gasteiger partial charge in [-0.1, -0.05) is 0 Å². The third-order valence-corrected chi connectivity index (χ3v) is 3.24. The Bertz CT molecular complexity index is 404. The van der Waals surface area contributed by atoms with Gasteiger partial charge in [0.05, 0.1) is 18.9 Å². The van der Waals surface area contributed by atoms with Crippen LogP contribution in [0.2, 0.25) is 0 Å². The maximum absolute atomic E-state index is 11.6. The molecule has 6 nitrogen and oxygen atoms in total. The largest absolute Gasteiger partial charge is 0.459 e. The Labute approximate surface area is 115 Å². The Kier molecular flexibility index (Phi) is 5.34. The highest BCUT2D eigenvalue weighted by Crippen LogP contribution is 2.16. The first-order valence-corrected chi connectivity index (χ1v) is 8.19. The van der Waals surface area contributed by atoms with Gasteiger partial charge >= 0.3 is 5.97 Å². The van der Waals surface area contributed by atoms with Crippen LogP contribution in [0.3, 0.4) is 0 Å². The van der Waals surface area contributed by atoms with Crippen LogP contribution < -0.4 is 0 Å². The van der Waals surface area contributed by atoms with Gasteiger partial charge in [0, 0.05) is 13.1 Å². The molecule has 0 spiro atoms. The lowest BCUT2D eigenvalue weighted by atomic mass is 10.1. The average molecular weight is 293 g/mol. The minimum Gasteiger partial charge on any atom is -0.459 e. The van der Waals surface area contributed by atoms with Crippen molar-refractivity contribution in [3.05, 3.63) is 0 Å². The highest BCUT2D eigenvalue weighted by atomic mass is 32.2. The number of ether oxygens (including phenoxy) is 1. The Hall–Kier alpha value is -0.660. The van der Waals surface area contributed by atoms with Crippen molar-refractivity contribution >= 4 is 16.1 Å². The van der Waals surface area contributed by atoms with Crippen molar-refractivity contribution in [2.75, 3.05) is 25.9 Å². The predicted octanol–water partition coefficient (Wildman–Crippen LogP) is 0.769. The molecule has 0 aromatic heterocycles. The average Bonchev–Trinajstić information content (AvgIpc) is 2.15. The van der Waals surface area contributed by atoms with Crippen molar-refractivity contribution in [3.63, 3.8) is 0 Å². The molecule has 0 unspecified atom stereocenters. The van der Waals surface area contributed by atoms with Crippen molar-refractivity contribution in [2.45, 2.75) is 45.3 Å². The summed E-state index contributed by atoms with van der Waals surface area (Å²) in [5.41, 5.74) is -0.477. The Morgan fingerprint density at radius 1 is 1.26 bits per heavy atom. The van der Waals surface area contributed by atoms with E-state index in [2.05, 4.69) is 0 Å². The summed E-state index contributed by atoms with van der Waals surface area (Å²) >= 11 is 0. The first kappa shape index (κ1) is 16.4. The monoisotopic (exact) mass is 293 g/mol. The minimum atomic E-state index is -3.40. The van der Waals surface area contributed by atoms with Gasteiger partial charge in [-0.25, -0.2) is 0 Å². The van der Waals surface area contributed by atoms with Crippen LogP contribution in [-0.2, 0) is 23.8 Å². The SMILES string of the molecule is CC(C)(C)OC(=O)CN1CCC(OS(C)(=O)=O)CC1. The molecule has 1 fully saturated rings. The van der Waals surface area contributed by atoms with Crippen molar-refractivity contribution in [3.8, 4) is 0 Å². The maximum Gasteiger partial charge on any atom is 0.320 e. The number of esters is 1. The first-order valence-electron chi connectivity index (χ1n) is 6.38. The van der Waals surface area contributed by atoms with Crippen LogP contribution in [0.1, 0.15) is 33.6 Å². The van der Waals surface area contributed by atoms with Gasteiger partial charge < -0.3 is 4.74 Å². The summed E-state index contributed by atoms with van der Waals surface area (Å²) in [5, 5.41) is 0. The van der Waals surface area contributed by atoms with Gasteiger partial charge in [0.15, 0.2) is 0 Å². The summed E-state index contributed by atoms with van der Waals surface area (Å²) in [4.78, 5) is 13.6. The van der Waals surface area contributed by atoms with E-state index in [0.717, 1.165) is 6.26 Å². The van der Waals surface area contributed by atoms with Crippen LogP contribution in [0.15, 0.2) is 0 Å². The summed E-state index contributed by atoms with van der Waals surface area (Å²) in [6.07, 6.45) is 2.00. The molecule has 0 aromatic rings.